The number of pyridine rings is 1. The van der Waals surface area contributed by atoms with Crippen LogP contribution in [0.4, 0.5) is 5.69 Å². The van der Waals surface area contributed by atoms with Crippen LogP contribution in [-0.4, -0.2) is 36.3 Å². The summed E-state index contributed by atoms with van der Waals surface area (Å²) >= 11 is 0. The summed E-state index contributed by atoms with van der Waals surface area (Å²) in [6.07, 6.45) is 3.98. The molecular weight excluding hydrogens is 340 g/mol. The molecule has 1 aliphatic rings. The molecule has 0 bridgehead atoms. The quantitative estimate of drug-likeness (QED) is 0.852. The van der Waals surface area contributed by atoms with Gasteiger partial charge in [0.1, 0.15) is 5.75 Å². The van der Waals surface area contributed by atoms with Crippen molar-refractivity contribution in [3.8, 4) is 16.9 Å². The molecule has 0 spiro atoms. The van der Waals surface area contributed by atoms with Crippen LogP contribution in [0, 0.1) is 12.3 Å². The molecule has 3 rings (SSSR count). The third-order valence-electron chi connectivity index (χ3n) is 5.52. The second-order valence-corrected chi connectivity index (χ2v) is 8.01. The van der Waals surface area contributed by atoms with Crippen LogP contribution >= 0.6 is 0 Å². The Bertz CT molecular complexity index is 835. The zero-order valence-electron chi connectivity index (χ0n) is 16.6. The molecule has 0 atom stereocenters. The van der Waals surface area contributed by atoms with Gasteiger partial charge in [-0.15, -0.1) is 0 Å². The van der Waals surface area contributed by atoms with Gasteiger partial charge >= 0.3 is 5.97 Å². The highest BCUT2D eigenvalue weighted by molar-refractivity contribution is 5.86. The van der Waals surface area contributed by atoms with Crippen LogP contribution in [0.15, 0.2) is 30.5 Å². The Morgan fingerprint density at radius 3 is 2.52 bits per heavy atom. The number of piperidine rings is 1. The van der Waals surface area contributed by atoms with Crippen molar-refractivity contribution < 1.29 is 14.6 Å². The summed E-state index contributed by atoms with van der Waals surface area (Å²) in [5.41, 5.74) is 4.76. The van der Waals surface area contributed by atoms with E-state index in [2.05, 4.69) is 23.7 Å². The number of nitrogens with zero attached hydrogens (tertiary/aromatic N) is 2. The molecular formula is C22H28N2O3. The summed E-state index contributed by atoms with van der Waals surface area (Å²) in [6.45, 7) is 8.29. The maximum atomic E-state index is 11.6. The highest BCUT2D eigenvalue weighted by Gasteiger charge is 2.29. The van der Waals surface area contributed by atoms with Crippen molar-refractivity contribution in [1.29, 1.82) is 0 Å². The first-order valence-electron chi connectivity index (χ1n) is 9.41. The van der Waals surface area contributed by atoms with E-state index in [4.69, 9.17) is 4.74 Å². The van der Waals surface area contributed by atoms with Gasteiger partial charge in [-0.1, -0.05) is 32.0 Å². The summed E-state index contributed by atoms with van der Waals surface area (Å²) in [4.78, 5) is 18.4. The number of methoxy groups -OCH3 is 1. The average molecular weight is 368 g/mol. The molecule has 1 saturated heterocycles. The van der Waals surface area contributed by atoms with Gasteiger partial charge in [-0.05, 0) is 31.2 Å². The molecule has 0 unspecified atom stereocenters. The molecule has 0 aliphatic carbocycles. The van der Waals surface area contributed by atoms with Crippen molar-refractivity contribution in [2.45, 2.75) is 40.0 Å². The van der Waals surface area contributed by atoms with Crippen LogP contribution in [0.3, 0.4) is 0 Å². The van der Waals surface area contributed by atoms with Gasteiger partial charge in [-0.3, -0.25) is 9.78 Å². The number of para-hydroxylation sites is 1. The number of carbonyl (C=O) groups is 1. The van der Waals surface area contributed by atoms with E-state index in [1.165, 1.54) is 0 Å². The number of aromatic nitrogens is 1. The van der Waals surface area contributed by atoms with Crippen LogP contribution in [0.25, 0.3) is 11.1 Å². The molecule has 5 heteroatoms. The molecule has 2 heterocycles. The van der Waals surface area contributed by atoms with Crippen molar-refractivity contribution in [2.24, 2.45) is 5.41 Å². The Morgan fingerprint density at radius 2 is 1.89 bits per heavy atom. The number of anilines is 1. The largest absolute Gasteiger partial charge is 0.496 e. The van der Waals surface area contributed by atoms with E-state index in [1.807, 2.05) is 37.4 Å². The smallest absolute Gasteiger partial charge is 0.307 e. The molecule has 1 fully saturated rings. The van der Waals surface area contributed by atoms with Gasteiger partial charge in [-0.25, -0.2) is 0 Å². The minimum Gasteiger partial charge on any atom is -0.496 e. The summed E-state index contributed by atoms with van der Waals surface area (Å²) in [6, 6.07) is 7.84. The van der Waals surface area contributed by atoms with Gasteiger partial charge in [-0.2, -0.15) is 0 Å². The van der Waals surface area contributed by atoms with E-state index in [0.717, 1.165) is 59.8 Å². The van der Waals surface area contributed by atoms with E-state index in [1.54, 1.807) is 7.11 Å². The Kier molecular flexibility index (Phi) is 5.40. The number of aryl methyl sites for hydroxylation is 1. The van der Waals surface area contributed by atoms with Crippen LogP contribution in [0.5, 0.6) is 5.75 Å². The second kappa shape index (κ2) is 7.59. The van der Waals surface area contributed by atoms with E-state index >= 15 is 0 Å². The third kappa shape index (κ3) is 4.07. The maximum absolute atomic E-state index is 11.6. The number of benzene rings is 1. The number of aliphatic carboxylic acids is 1. The molecule has 27 heavy (non-hydrogen) atoms. The lowest BCUT2D eigenvalue weighted by molar-refractivity contribution is -0.136. The van der Waals surface area contributed by atoms with Crippen molar-refractivity contribution in [2.75, 3.05) is 25.1 Å². The SMILES string of the molecule is COc1ccccc1-c1cnc(C)c(CC(=O)O)c1N1CCC(C)(C)CC1. The first kappa shape index (κ1) is 19.2. The van der Waals surface area contributed by atoms with E-state index < -0.39 is 5.97 Å². The number of hydrogen-bond donors (Lipinski definition) is 1. The first-order valence-corrected chi connectivity index (χ1v) is 9.41. The molecule has 1 N–H and O–H groups in total. The molecule has 1 aliphatic heterocycles. The van der Waals surface area contributed by atoms with Gasteiger partial charge in [0.15, 0.2) is 0 Å². The number of carboxylic acid groups (broad SMARTS) is 1. The Balaban J connectivity index is 2.17. The first-order chi connectivity index (χ1) is 12.8. The van der Waals surface area contributed by atoms with Gasteiger partial charge < -0.3 is 14.7 Å². The van der Waals surface area contributed by atoms with Crippen LogP contribution in [0.1, 0.15) is 37.9 Å². The number of rotatable bonds is 5. The van der Waals surface area contributed by atoms with Crippen LogP contribution in [0.2, 0.25) is 0 Å². The Morgan fingerprint density at radius 1 is 1.22 bits per heavy atom. The number of carboxylic acids is 1. The molecule has 0 saturated carbocycles. The summed E-state index contributed by atoms with van der Waals surface area (Å²) in [7, 11) is 1.65. The van der Waals surface area contributed by atoms with Gasteiger partial charge in [0, 0.05) is 41.7 Å². The number of hydrogen-bond acceptors (Lipinski definition) is 4. The maximum Gasteiger partial charge on any atom is 0.307 e. The standard InChI is InChI=1S/C22H28N2O3/c1-15-17(13-20(25)26)21(24-11-9-22(2,3)10-12-24)18(14-23-15)16-7-5-6-8-19(16)27-4/h5-8,14H,9-13H2,1-4H3,(H,25,26). The molecule has 0 radical (unpaired) electrons. The van der Waals surface area contributed by atoms with Crippen molar-refractivity contribution >= 4 is 11.7 Å². The number of ether oxygens (including phenoxy) is 1. The minimum atomic E-state index is -0.837. The zero-order valence-corrected chi connectivity index (χ0v) is 16.6. The molecule has 1 aromatic carbocycles. The van der Waals surface area contributed by atoms with Crippen molar-refractivity contribution in [3.05, 3.63) is 41.7 Å². The predicted molar refractivity (Wildman–Crippen MR) is 108 cm³/mol. The highest BCUT2D eigenvalue weighted by atomic mass is 16.5. The fraction of sp³-hybridized carbons (Fsp3) is 0.455. The molecule has 144 valence electrons. The summed E-state index contributed by atoms with van der Waals surface area (Å²) < 4.78 is 5.56. The van der Waals surface area contributed by atoms with E-state index in [0.29, 0.717) is 5.41 Å². The van der Waals surface area contributed by atoms with Crippen LogP contribution < -0.4 is 9.64 Å². The zero-order chi connectivity index (χ0) is 19.6. The molecule has 1 aromatic heterocycles. The lowest BCUT2D eigenvalue weighted by Crippen LogP contribution is -2.38. The minimum absolute atomic E-state index is 0.0307. The average Bonchev–Trinajstić information content (AvgIpc) is 2.63. The van der Waals surface area contributed by atoms with Gasteiger partial charge in [0.05, 0.1) is 19.2 Å². The second-order valence-electron chi connectivity index (χ2n) is 8.01. The highest BCUT2D eigenvalue weighted by Crippen LogP contribution is 2.42. The van der Waals surface area contributed by atoms with Gasteiger partial charge in [0.2, 0.25) is 0 Å². The van der Waals surface area contributed by atoms with Gasteiger partial charge in [0.25, 0.3) is 0 Å². The Hall–Kier alpha value is -2.56. The topological polar surface area (TPSA) is 62.7 Å². The van der Waals surface area contributed by atoms with Crippen LogP contribution in [-0.2, 0) is 11.2 Å². The van der Waals surface area contributed by atoms with Crippen molar-refractivity contribution in [3.63, 3.8) is 0 Å². The fourth-order valence-electron chi connectivity index (χ4n) is 3.76. The summed E-state index contributed by atoms with van der Waals surface area (Å²) in [5, 5.41) is 9.49. The normalized spacial score (nSPS) is 16.2. The third-order valence-corrected chi connectivity index (χ3v) is 5.52. The lowest BCUT2D eigenvalue weighted by atomic mass is 9.82. The van der Waals surface area contributed by atoms with Crippen molar-refractivity contribution in [1.82, 2.24) is 4.98 Å². The Labute approximate surface area is 161 Å². The predicted octanol–water partition coefficient (Wildman–Crippen LogP) is 4.32. The molecule has 5 nitrogen and oxygen atoms in total. The monoisotopic (exact) mass is 368 g/mol. The van der Waals surface area contributed by atoms with E-state index in [9.17, 15) is 9.90 Å². The van der Waals surface area contributed by atoms with E-state index in [-0.39, 0.29) is 6.42 Å². The lowest BCUT2D eigenvalue weighted by Gasteiger charge is -2.40. The summed E-state index contributed by atoms with van der Waals surface area (Å²) in [5.74, 6) is -0.0707. The fourth-order valence-corrected chi connectivity index (χ4v) is 3.76. The molecule has 2 aromatic rings. The molecule has 0 amide bonds.